The largest absolute Gasteiger partial charge is 0.506 e. The van der Waals surface area contributed by atoms with Gasteiger partial charge >= 0.3 is 5.97 Å². The Morgan fingerprint density at radius 1 is 0.931 bits per heavy atom. The molecule has 0 spiro atoms. The number of aryl methyl sites for hydroxylation is 2. The van der Waals surface area contributed by atoms with E-state index in [1.807, 2.05) is 38.1 Å². The first-order valence-corrected chi connectivity index (χ1v) is 10.6. The molecule has 0 heterocycles. The maximum atomic E-state index is 12.1. The van der Waals surface area contributed by atoms with E-state index in [0.29, 0.717) is 5.75 Å². The van der Waals surface area contributed by atoms with E-state index in [-0.39, 0.29) is 16.6 Å². The third-order valence-electron chi connectivity index (χ3n) is 4.62. The highest BCUT2D eigenvalue weighted by Gasteiger charge is 2.26. The number of phenolic OH excluding ortho intramolecular Hbond substituents is 1. The second-order valence-corrected chi connectivity index (χ2v) is 10.6. The van der Waals surface area contributed by atoms with Gasteiger partial charge in [0.05, 0.1) is 9.79 Å². The number of phenols is 1. The van der Waals surface area contributed by atoms with Crippen molar-refractivity contribution in [3.05, 3.63) is 59.2 Å². The fourth-order valence-electron chi connectivity index (χ4n) is 3.13. The van der Waals surface area contributed by atoms with Crippen LogP contribution in [0.3, 0.4) is 0 Å². The summed E-state index contributed by atoms with van der Waals surface area (Å²) in [5.41, 5.74) is 3.57. The van der Waals surface area contributed by atoms with Gasteiger partial charge in [0, 0.05) is 17.2 Å². The molecule has 0 bridgehead atoms. The Balaban J connectivity index is 2.70. The van der Waals surface area contributed by atoms with Gasteiger partial charge in [-0.1, -0.05) is 72.0 Å². The maximum Gasteiger partial charge on any atom is 0.335 e. The summed E-state index contributed by atoms with van der Waals surface area (Å²) in [6.45, 7) is 20.1. The molecule has 0 fully saturated rings. The van der Waals surface area contributed by atoms with Crippen LogP contribution in [-0.4, -0.2) is 11.1 Å². The predicted molar refractivity (Wildman–Crippen MR) is 121 cm³/mol. The smallest absolute Gasteiger partial charge is 0.335 e. The summed E-state index contributed by atoms with van der Waals surface area (Å²) in [5, 5.41) is 11.0. The SMILES string of the molecule is C=CC(=O)Oc1c(Sc2cc(C)cc(C(C)(C)C)c2O)cc(C)cc1C(C)(C)C. The molecule has 1 N–H and O–H groups in total. The van der Waals surface area contributed by atoms with Crippen LogP contribution in [0.5, 0.6) is 11.5 Å². The van der Waals surface area contributed by atoms with E-state index in [0.717, 1.165) is 32.0 Å². The molecule has 0 aromatic heterocycles. The highest BCUT2D eigenvalue weighted by Crippen LogP contribution is 2.47. The molecule has 0 aliphatic carbocycles. The van der Waals surface area contributed by atoms with Crippen LogP contribution in [-0.2, 0) is 15.6 Å². The minimum Gasteiger partial charge on any atom is -0.506 e. The molecule has 156 valence electrons. The van der Waals surface area contributed by atoms with Gasteiger partial charge in [-0.25, -0.2) is 4.79 Å². The van der Waals surface area contributed by atoms with Gasteiger partial charge in [0.15, 0.2) is 0 Å². The fourth-order valence-corrected chi connectivity index (χ4v) is 4.31. The minimum absolute atomic E-state index is 0.188. The van der Waals surface area contributed by atoms with E-state index in [9.17, 15) is 9.90 Å². The van der Waals surface area contributed by atoms with Crippen LogP contribution in [0.2, 0.25) is 0 Å². The van der Waals surface area contributed by atoms with Gasteiger partial charge in [-0.3, -0.25) is 0 Å². The fraction of sp³-hybridized carbons (Fsp3) is 0.400. The van der Waals surface area contributed by atoms with E-state index >= 15 is 0 Å². The van der Waals surface area contributed by atoms with Crippen LogP contribution in [0.25, 0.3) is 0 Å². The van der Waals surface area contributed by atoms with Crippen LogP contribution in [0.1, 0.15) is 63.8 Å². The Kier molecular flexibility index (Phi) is 6.58. The molecule has 0 aliphatic rings. The second kappa shape index (κ2) is 8.27. The summed E-state index contributed by atoms with van der Waals surface area (Å²) < 4.78 is 5.69. The maximum absolute atomic E-state index is 12.1. The number of carbonyl (C=O) groups is 1. The quantitative estimate of drug-likeness (QED) is 0.339. The summed E-state index contributed by atoms with van der Waals surface area (Å²) in [5.74, 6) is 0.300. The Hall–Kier alpha value is -2.20. The number of hydrogen-bond donors (Lipinski definition) is 1. The van der Waals surface area contributed by atoms with Crippen molar-refractivity contribution >= 4 is 17.7 Å². The van der Waals surface area contributed by atoms with Gasteiger partial charge in [0.2, 0.25) is 0 Å². The highest BCUT2D eigenvalue weighted by molar-refractivity contribution is 7.99. The van der Waals surface area contributed by atoms with Gasteiger partial charge in [0.25, 0.3) is 0 Å². The lowest BCUT2D eigenvalue weighted by Gasteiger charge is -2.26. The summed E-state index contributed by atoms with van der Waals surface area (Å²) >= 11 is 1.42. The Morgan fingerprint density at radius 2 is 1.41 bits per heavy atom. The van der Waals surface area contributed by atoms with Gasteiger partial charge in [-0.15, -0.1) is 0 Å². The number of aromatic hydroxyl groups is 1. The number of ether oxygens (including phenoxy) is 1. The Morgan fingerprint density at radius 3 is 1.90 bits per heavy atom. The number of hydrogen-bond acceptors (Lipinski definition) is 4. The lowest BCUT2D eigenvalue weighted by molar-refractivity contribution is -0.129. The Labute approximate surface area is 179 Å². The number of benzene rings is 2. The third kappa shape index (κ3) is 5.45. The van der Waals surface area contributed by atoms with Crippen molar-refractivity contribution in [3.8, 4) is 11.5 Å². The number of esters is 1. The first-order chi connectivity index (χ1) is 13.2. The van der Waals surface area contributed by atoms with Crippen molar-refractivity contribution < 1.29 is 14.6 Å². The zero-order chi connectivity index (χ0) is 22.1. The zero-order valence-corrected chi connectivity index (χ0v) is 19.6. The minimum atomic E-state index is -0.495. The lowest BCUT2D eigenvalue weighted by Crippen LogP contribution is -2.16. The average molecular weight is 413 g/mol. The first kappa shape index (κ1) is 23.1. The van der Waals surface area contributed by atoms with E-state index < -0.39 is 5.97 Å². The summed E-state index contributed by atoms with van der Waals surface area (Å²) in [6, 6.07) is 8.03. The molecule has 0 saturated heterocycles. The monoisotopic (exact) mass is 412 g/mol. The first-order valence-electron chi connectivity index (χ1n) is 9.75. The molecular formula is C25H32O3S. The summed E-state index contributed by atoms with van der Waals surface area (Å²) in [4.78, 5) is 13.6. The van der Waals surface area contributed by atoms with E-state index in [2.05, 4.69) is 48.1 Å². The van der Waals surface area contributed by atoms with Gasteiger partial charge in [-0.05, 0) is 47.9 Å². The van der Waals surface area contributed by atoms with Gasteiger partial charge in [-0.2, -0.15) is 0 Å². The van der Waals surface area contributed by atoms with Crippen LogP contribution in [0, 0.1) is 13.8 Å². The van der Waals surface area contributed by atoms with Crippen molar-refractivity contribution in [2.45, 2.75) is 76.0 Å². The molecule has 0 atom stereocenters. The molecule has 4 heteroatoms. The van der Waals surface area contributed by atoms with Crippen molar-refractivity contribution in [1.82, 2.24) is 0 Å². The molecule has 2 aromatic carbocycles. The predicted octanol–water partition coefficient (Wildman–Crippen LogP) is 6.85. The van der Waals surface area contributed by atoms with Crippen molar-refractivity contribution in [1.29, 1.82) is 0 Å². The Bertz CT molecular complexity index is 944. The molecule has 0 radical (unpaired) electrons. The normalized spacial score (nSPS) is 12.0. The lowest BCUT2D eigenvalue weighted by atomic mass is 9.85. The second-order valence-electron chi connectivity index (χ2n) is 9.53. The van der Waals surface area contributed by atoms with E-state index in [4.69, 9.17) is 4.74 Å². The molecule has 0 saturated carbocycles. The third-order valence-corrected chi connectivity index (χ3v) is 5.68. The van der Waals surface area contributed by atoms with Crippen LogP contribution >= 0.6 is 11.8 Å². The number of rotatable bonds is 4. The van der Waals surface area contributed by atoms with Crippen molar-refractivity contribution in [2.24, 2.45) is 0 Å². The number of carbonyl (C=O) groups excluding carboxylic acids is 1. The molecule has 2 rings (SSSR count). The van der Waals surface area contributed by atoms with Gasteiger partial charge < -0.3 is 9.84 Å². The molecule has 0 unspecified atom stereocenters. The summed E-state index contributed by atoms with van der Waals surface area (Å²) in [7, 11) is 0. The molecule has 29 heavy (non-hydrogen) atoms. The summed E-state index contributed by atoms with van der Waals surface area (Å²) in [6.07, 6.45) is 1.17. The van der Waals surface area contributed by atoms with E-state index in [1.165, 1.54) is 17.8 Å². The molecular weight excluding hydrogens is 380 g/mol. The van der Waals surface area contributed by atoms with Crippen LogP contribution < -0.4 is 4.74 Å². The van der Waals surface area contributed by atoms with Crippen LogP contribution in [0.4, 0.5) is 0 Å². The van der Waals surface area contributed by atoms with Gasteiger partial charge in [0.1, 0.15) is 11.5 Å². The van der Waals surface area contributed by atoms with Crippen molar-refractivity contribution in [3.63, 3.8) is 0 Å². The zero-order valence-electron chi connectivity index (χ0n) is 18.8. The molecule has 0 aliphatic heterocycles. The van der Waals surface area contributed by atoms with E-state index in [1.54, 1.807) is 0 Å². The molecule has 2 aromatic rings. The van der Waals surface area contributed by atoms with Crippen molar-refractivity contribution in [2.75, 3.05) is 0 Å². The highest BCUT2D eigenvalue weighted by atomic mass is 32.2. The topological polar surface area (TPSA) is 46.5 Å². The molecule has 0 amide bonds. The molecule has 3 nitrogen and oxygen atoms in total. The van der Waals surface area contributed by atoms with Crippen LogP contribution in [0.15, 0.2) is 46.7 Å². The average Bonchev–Trinajstić information content (AvgIpc) is 2.57. The standard InChI is InChI=1S/C25H32O3S/c1-10-21(26)28-23-18(25(7,8)9)12-16(3)14-20(23)29-19-13-15(2)11-17(22(19)27)24(4,5)6/h10-14,27H,1H2,2-9H3.